The van der Waals surface area contributed by atoms with Crippen molar-refractivity contribution in [2.24, 2.45) is 0 Å². The lowest BCUT2D eigenvalue weighted by atomic mass is 10.1. The van der Waals surface area contributed by atoms with Crippen LogP contribution >= 0.6 is 0 Å². The number of aromatic nitrogens is 3. The molecule has 0 aliphatic carbocycles. The Hall–Kier alpha value is -2.43. The van der Waals surface area contributed by atoms with E-state index < -0.39 is 0 Å². The summed E-state index contributed by atoms with van der Waals surface area (Å²) in [7, 11) is 0. The van der Waals surface area contributed by atoms with Gasteiger partial charge in [0.2, 0.25) is 0 Å². The first-order chi connectivity index (χ1) is 9.65. The van der Waals surface area contributed by atoms with Crippen LogP contribution in [0, 0.1) is 20.8 Å². The number of anilines is 1. The summed E-state index contributed by atoms with van der Waals surface area (Å²) in [6, 6.07) is 6.14. The Labute approximate surface area is 117 Å². The molecule has 0 radical (unpaired) electrons. The monoisotopic (exact) mass is 268 g/mol. The van der Waals surface area contributed by atoms with Crippen molar-refractivity contribution in [2.45, 2.75) is 27.3 Å². The Morgan fingerprint density at radius 1 is 1.15 bits per heavy atom. The molecule has 0 saturated carbocycles. The molecule has 20 heavy (non-hydrogen) atoms. The summed E-state index contributed by atoms with van der Waals surface area (Å²) < 4.78 is 5.17. The maximum atomic E-state index is 5.17. The first-order valence-electron chi connectivity index (χ1n) is 6.52. The Morgan fingerprint density at radius 3 is 2.75 bits per heavy atom. The molecule has 5 nitrogen and oxygen atoms in total. The molecule has 0 amide bonds. The second kappa shape index (κ2) is 4.92. The normalized spacial score (nSPS) is 10.9. The minimum Gasteiger partial charge on any atom is -0.365 e. The molecule has 1 aromatic carbocycles. The number of rotatable bonds is 3. The molecule has 0 aliphatic heterocycles. The molecule has 0 spiro atoms. The lowest BCUT2D eigenvalue weighted by molar-refractivity contribution is 0.392. The number of fused-ring (bicyclic) bond motifs is 1. The van der Waals surface area contributed by atoms with Gasteiger partial charge in [-0.05, 0) is 32.9 Å². The van der Waals surface area contributed by atoms with Crippen LogP contribution in [0.3, 0.4) is 0 Å². The molecular weight excluding hydrogens is 252 g/mol. The van der Waals surface area contributed by atoms with Crippen LogP contribution in [-0.2, 0) is 6.54 Å². The van der Waals surface area contributed by atoms with Crippen LogP contribution in [0.25, 0.3) is 10.9 Å². The van der Waals surface area contributed by atoms with E-state index in [2.05, 4.69) is 33.4 Å². The van der Waals surface area contributed by atoms with Crippen molar-refractivity contribution in [3.63, 3.8) is 0 Å². The number of benzene rings is 1. The number of hydrogen-bond acceptors (Lipinski definition) is 5. The van der Waals surface area contributed by atoms with E-state index in [9.17, 15) is 0 Å². The van der Waals surface area contributed by atoms with E-state index in [4.69, 9.17) is 4.52 Å². The summed E-state index contributed by atoms with van der Waals surface area (Å²) in [5.41, 5.74) is 4.11. The predicted molar refractivity (Wildman–Crippen MR) is 77.6 cm³/mol. The third-order valence-corrected chi connectivity index (χ3v) is 3.40. The Kier molecular flexibility index (Phi) is 3.10. The smallest absolute Gasteiger partial charge is 0.138 e. The van der Waals surface area contributed by atoms with Gasteiger partial charge in [0.15, 0.2) is 0 Å². The highest BCUT2D eigenvalue weighted by Gasteiger charge is 2.10. The van der Waals surface area contributed by atoms with Crippen LogP contribution in [0.5, 0.6) is 0 Å². The number of aryl methyl sites for hydroxylation is 3. The zero-order valence-electron chi connectivity index (χ0n) is 11.8. The number of nitrogens with zero attached hydrogens (tertiary/aromatic N) is 3. The van der Waals surface area contributed by atoms with Gasteiger partial charge >= 0.3 is 0 Å². The van der Waals surface area contributed by atoms with Gasteiger partial charge in [0, 0.05) is 17.5 Å². The minimum atomic E-state index is 0.640. The highest BCUT2D eigenvalue weighted by Crippen LogP contribution is 2.22. The van der Waals surface area contributed by atoms with E-state index in [1.54, 1.807) is 6.33 Å². The fraction of sp³-hybridized carbons (Fsp3) is 0.267. The van der Waals surface area contributed by atoms with Crippen LogP contribution in [0.2, 0.25) is 0 Å². The highest BCUT2D eigenvalue weighted by atomic mass is 16.5. The second-order valence-corrected chi connectivity index (χ2v) is 4.90. The summed E-state index contributed by atoms with van der Waals surface area (Å²) in [5.74, 6) is 1.67. The fourth-order valence-electron chi connectivity index (χ4n) is 2.24. The molecule has 0 bridgehead atoms. The fourth-order valence-corrected chi connectivity index (χ4v) is 2.24. The largest absolute Gasteiger partial charge is 0.365 e. The van der Waals surface area contributed by atoms with Crippen molar-refractivity contribution in [3.8, 4) is 0 Å². The topological polar surface area (TPSA) is 63.8 Å². The molecule has 5 heteroatoms. The molecule has 0 aliphatic rings. The summed E-state index contributed by atoms with van der Waals surface area (Å²) in [6.45, 7) is 6.56. The average Bonchev–Trinajstić information content (AvgIpc) is 2.76. The second-order valence-electron chi connectivity index (χ2n) is 4.90. The third kappa shape index (κ3) is 2.22. The molecule has 0 atom stereocenters. The highest BCUT2D eigenvalue weighted by molar-refractivity contribution is 5.89. The molecule has 3 rings (SSSR count). The molecule has 2 aromatic heterocycles. The van der Waals surface area contributed by atoms with Crippen LogP contribution < -0.4 is 5.32 Å². The van der Waals surface area contributed by atoms with E-state index in [0.29, 0.717) is 6.54 Å². The average molecular weight is 268 g/mol. The molecule has 3 aromatic rings. The lowest BCUT2D eigenvalue weighted by Gasteiger charge is -2.08. The standard InChI is InChI=1S/C15H16N4O/c1-9-4-5-14-12(6-9)15(18-8-17-14)16-7-13-10(2)19-20-11(13)3/h4-6,8H,7H2,1-3H3,(H,16,17,18). The number of nitrogens with one attached hydrogen (secondary N) is 1. The van der Waals surface area contributed by atoms with Gasteiger partial charge in [-0.3, -0.25) is 0 Å². The zero-order chi connectivity index (χ0) is 14.1. The minimum absolute atomic E-state index is 0.640. The van der Waals surface area contributed by atoms with Crippen molar-refractivity contribution in [2.75, 3.05) is 5.32 Å². The summed E-state index contributed by atoms with van der Waals surface area (Å²) in [4.78, 5) is 8.61. The zero-order valence-corrected chi connectivity index (χ0v) is 11.8. The Bertz CT molecular complexity index is 744. The van der Waals surface area contributed by atoms with Gasteiger partial charge in [-0.2, -0.15) is 0 Å². The van der Waals surface area contributed by atoms with Gasteiger partial charge in [0.05, 0.1) is 11.2 Å². The van der Waals surface area contributed by atoms with Gasteiger partial charge in [-0.15, -0.1) is 0 Å². The van der Waals surface area contributed by atoms with E-state index in [-0.39, 0.29) is 0 Å². The Morgan fingerprint density at radius 2 is 2.00 bits per heavy atom. The van der Waals surface area contributed by atoms with Gasteiger partial charge in [-0.25, -0.2) is 9.97 Å². The van der Waals surface area contributed by atoms with Crippen LogP contribution in [0.4, 0.5) is 5.82 Å². The van der Waals surface area contributed by atoms with Crippen molar-refractivity contribution in [1.82, 2.24) is 15.1 Å². The van der Waals surface area contributed by atoms with E-state index >= 15 is 0 Å². The summed E-state index contributed by atoms with van der Waals surface area (Å²) in [5, 5.41) is 8.33. The first-order valence-corrected chi connectivity index (χ1v) is 6.52. The summed E-state index contributed by atoms with van der Waals surface area (Å²) >= 11 is 0. The van der Waals surface area contributed by atoms with Gasteiger partial charge in [-0.1, -0.05) is 16.8 Å². The Balaban J connectivity index is 1.93. The molecule has 0 unspecified atom stereocenters. The molecule has 102 valence electrons. The predicted octanol–water partition coefficient (Wildman–Crippen LogP) is 3.16. The van der Waals surface area contributed by atoms with Crippen molar-refractivity contribution in [3.05, 3.63) is 47.1 Å². The maximum absolute atomic E-state index is 5.17. The first kappa shape index (κ1) is 12.6. The van der Waals surface area contributed by atoms with E-state index in [1.807, 2.05) is 26.0 Å². The van der Waals surface area contributed by atoms with Gasteiger partial charge < -0.3 is 9.84 Å². The van der Waals surface area contributed by atoms with Crippen molar-refractivity contribution < 1.29 is 4.52 Å². The number of hydrogen-bond donors (Lipinski definition) is 1. The molecule has 1 N–H and O–H groups in total. The molecule has 2 heterocycles. The van der Waals surface area contributed by atoms with Crippen LogP contribution in [0.1, 0.15) is 22.6 Å². The third-order valence-electron chi connectivity index (χ3n) is 3.40. The van der Waals surface area contributed by atoms with Gasteiger partial charge in [0.25, 0.3) is 0 Å². The van der Waals surface area contributed by atoms with Crippen molar-refractivity contribution in [1.29, 1.82) is 0 Å². The molecular formula is C15H16N4O. The van der Waals surface area contributed by atoms with Crippen LogP contribution in [0.15, 0.2) is 29.0 Å². The lowest BCUT2D eigenvalue weighted by Crippen LogP contribution is -2.04. The maximum Gasteiger partial charge on any atom is 0.138 e. The molecule has 0 fully saturated rings. The van der Waals surface area contributed by atoms with Crippen LogP contribution in [-0.4, -0.2) is 15.1 Å². The van der Waals surface area contributed by atoms with E-state index in [1.165, 1.54) is 5.56 Å². The van der Waals surface area contributed by atoms with Crippen molar-refractivity contribution >= 4 is 16.7 Å². The van der Waals surface area contributed by atoms with E-state index in [0.717, 1.165) is 33.7 Å². The summed E-state index contributed by atoms with van der Waals surface area (Å²) in [6.07, 6.45) is 1.58. The molecule has 0 saturated heterocycles. The van der Waals surface area contributed by atoms with Gasteiger partial charge in [0.1, 0.15) is 17.9 Å². The SMILES string of the molecule is Cc1ccc2ncnc(NCc3c(C)noc3C)c2c1. The quantitative estimate of drug-likeness (QED) is 0.790.